The minimum atomic E-state index is -0.302. The summed E-state index contributed by atoms with van der Waals surface area (Å²) in [5.74, 6) is 0.121. The number of benzene rings is 1. The van der Waals surface area contributed by atoms with Crippen LogP contribution in [-0.4, -0.2) is 33.6 Å². The lowest BCUT2D eigenvalue weighted by molar-refractivity contribution is 0.562. The van der Waals surface area contributed by atoms with Crippen LogP contribution in [0.2, 0.25) is 0 Å². The molecule has 0 saturated carbocycles. The number of nitrogens with two attached hydrogens (primary N) is 2. The lowest BCUT2D eigenvalue weighted by Crippen LogP contribution is -2.24. The smallest absolute Gasteiger partial charge is 0.354 e. The number of rotatable bonds is 7. The number of aliphatic imine (C=N–C) groups is 1. The molecule has 8 nitrogen and oxygen atoms in total. The molecule has 0 amide bonds. The fourth-order valence-corrected chi connectivity index (χ4v) is 3.23. The molecule has 160 valence electrons. The van der Waals surface area contributed by atoms with Crippen molar-refractivity contribution in [1.82, 2.24) is 19.9 Å². The Bertz CT molecular complexity index is 1080. The molecule has 0 aliphatic heterocycles. The predicted octanol–water partition coefficient (Wildman–Crippen LogP) is 2.33. The van der Waals surface area contributed by atoms with Gasteiger partial charge in [-0.1, -0.05) is 32.9 Å². The molecular formula is C22H31N7O. The maximum atomic E-state index is 12.6. The minimum Gasteiger partial charge on any atom is -0.370 e. The zero-order valence-electron chi connectivity index (χ0n) is 18.1. The molecule has 6 N–H and O–H groups in total. The molecule has 2 aromatic heterocycles. The average Bonchev–Trinajstić information content (AvgIpc) is 3.10. The van der Waals surface area contributed by atoms with Gasteiger partial charge in [-0.3, -0.25) is 9.56 Å². The Morgan fingerprint density at radius 1 is 1.27 bits per heavy atom. The molecule has 0 radical (unpaired) electrons. The lowest BCUT2D eigenvalue weighted by Gasteiger charge is -2.15. The van der Waals surface area contributed by atoms with E-state index in [9.17, 15) is 4.79 Å². The molecule has 0 saturated heterocycles. The molecule has 0 unspecified atom stereocenters. The fourth-order valence-electron chi connectivity index (χ4n) is 3.23. The average molecular weight is 410 g/mol. The topological polar surface area (TPSA) is 127 Å². The van der Waals surface area contributed by atoms with Crippen LogP contribution in [0.4, 0.5) is 0 Å². The van der Waals surface area contributed by atoms with Crippen LogP contribution >= 0.6 is 0 Å². The second kappa shape index (κ2) is 8.71. The van der Waals surface area contributed by atoms with E-state index in [1.807, 2.05) is 30.5 Å². The van der Waals surface area contributed by atoms with Crippen molar-refractivity contribution in [1.29, 1.82) is 0 Å². The fraction of sp³-hybridized carbons (Fsp3) is 0.409. The van der Waals surface area contributed by atoms with Crippen molar-refractivity contribution in [3.05, 3.63) is 58.3 Å². The normalized spacial score (nSPS) is 12.8. The van der Waals surface area contributed by atoms with Crippen molar-refractivity contribution in [3.63, 3.8) is 0 Å². The lowest BCUT2D eigenvalue weighted by atomic mass is 9.92. The zero-order valence-corrected chi connectivity index (χ0v) is 18.1. The van der Waals surface area contributed by atoms with Crippen LogP contribution in [0, 0.1) is 0 Å². The van der Waals surface area contributed by atoms with Crippen LogP contribution in [0.3, 0.4) is 0 Å². The van der Waals surface area contributed by atoms with Gasteiger partial charge >= 0.3 is 5.69 Å². The Balaban J connectivity index is 1.74. The summed E-state index contributed by atoms with van der Waals surface area (Å²) in [7, 11) is 0. The highest BCUT2D eigenvalue weighted by molar-refractivity contribution is 5.76. The van der Waals surface area contributed by atoms with Crippen molar-refractivity contribution in [2.45, 2.75) is 45.6 Å². The van der Waals surface area contributed by atoms with Gasteiger partial charge in [0.05, 0.1) is 5.69 Å². The maximum Gasteiger partial charge on any atom is 0.354 e. The SMILES string of the molecule is C[C@H](NCCCN=C(N)N)c1ccc(-n2cc3cc(C(C)(C)C)[nH]c3nc2=O)cc1. The van der Waals surface area contributed by atoms with E-state index in [4.69, 9.17) is 11.5 Å². The largest absolute Gasteiger partial charge is 0.370 e. The molecule has 30 heavy (non-hydrogen) atoms. The van der Waals surface area contributed by atoms with E-state index < -0.39 is 0 Å². The molecule has 0 aliphatic carbocycles. The molecule has 1 aromatic carbocycles. The Labute approximate surface area is 176 Å². The van der Waals surface area contributed by atoms with Gasteiger partial charge in [-0.05, 0) is 43.7 Å². The van der Waals surface area contributed by atoms with E-state index in [-0.39, 0.29) is 23.1 Å². The van der Waals surface area contributed by atoms with E-state index in [1.54, 1.807) is 4.57 Å². The molecular weight excluding hydrogens is 378 g/mol. The first-order chi connectivity index (χ1) is 14.1. The molecule has 0 fully saturated rings. The highest BCUT2D eigenvalue weighted by Crippen LogP contribution is 2.24. The summed E-state index contributed by atoms with van der Waals surface area (Å²) in [6, 6.07) is 10.2. The van der Waals surface area contributed by atoms with Crippen LogP contribution in [0.15, 0.2) is 46.3 Å². The molecule has 0 bridgehead atoms. The number of guanidine groups is 1. The summed E-state index contributed by atoms with van der Waals surface area (Å²) < 4.78 is 1.58. The van der Waals surface area contributed by atoms with Crippen molar-refractivity contribution >= 4 is 17.0 Å². The van der Waals surface area contributed by atoms with Gasteiger partial charge in [-0.25, -0.2) is 4.79 Å². The highest BCUT2D eigenvalue weighted by atomic mass is 16.1. The Hall–Kier alpha value is -3.13. The van der Waals surface area contributed by atoms with E-state index in [2.05, 4.69) is 54.0 Å². The second-order valence-electron chi connectivity index (χ2n) is 8.56. The molecule has 1 atom stereocenters. The number of H-pyrrole nitrogens is 1. The number of aromatic nitrogens is 3. The Morgan fingerprint density at radius 2 is 1.97 bits per heavy atom. The van der Waals surface area contributed by atoms with Gasteiger partial charge in [0.15, 0.2) is 5.96 Å². The number of hydrogen-bond donors (Lipinski definition) is 4. The number of fused-ring (bicyclic) bond motifs is 1. The van der Waals surface area contributed by atoms with Crippen molar-refractivity contribution in [2.75, 3.05) is 13.1 Å². The summed E-state index contributed by atoms with van der Waals surface area (Å²) in [6.07, 6.45) is 2.70. The number of nitrogens with one attached hydrogen (secondary N) is 2. The van der Waals surface area contributed by atoms with Gasteiger partial charge in [0.2, 0.25) is 0 Å². The highest BCUT2D eigenvalue weighted by Gasteiger charge is 2.17. The summed E-state index contributed by atoms with van der Waals surface area (Å²) in [5.41, 5.74) is 13.9. The van der Waals surface area contributed by atoms with Crippen LogP contribution in [-0.2, 0) is 5.41 Å². The summed E-state index contributed by atoms with van der Waals surface area (Å²) in [4.78, 5) is 24.0. The second-order valence-corrected chi connectivity index (χ2v) is 8.56. The molecule has 3 rings (SSSR count). The Morgan fingerprint density at radius 3 is 2.60 bits per heavy atom. The van der Waals surface area contributed by atoms with E-state index >= 15 is 0 Å². The third-order valence-electron chi connectivity index (χ3n) is 5.07. The zero-order chi connectivity index (χ0) is 21.9. The van der Waals surface area contributed by atoms with Gasteiger partial charge in [0.1, 0.15) is 5.65 Å². The van der Waals surface area contributed by atoms with Gasteiger partial charge < -0.3 is 21.8 Å². The first-order valence-corrected chi connectivity index (χ1v) is 10.2. The van der Waals surface area contributed by atoms with Crippen molar-refractivity contribution in [3.8, 4) is 5.69 Å². The molecule has 0 aliphatic rings. The van der Waals surface area contributed by atoms with Crippen molar-refractivity contribution < 1.29 is 0 Å². The third kappa shape index (κ3) is 5.07. The minimum absolute atomic E-state index is 0.0390. The van der Waals surface area contributed by atoms with Gasteiger partial charge in [-0.15, -0.1) is 0 Å². The number of aromatic amines is 1. The van der Waals surface area contributed by atoms with E-state index in [1.165, 1.54) is 0 Å². The summed E-state index contributed by atoms with van der Waals surface area (Å²) in [6.45, 7) is 9.89. The van der Waals surface area contributed by atoms with Crippen LogP contribution in [0.25, 0.3) is 16.7 Å². The van der Waals surface area contributed by atoms with Crippen LogP contribution < -0.4 is 22.5 Å². The van der Waals surface area contributed by atoms with E-state index in [0.717, 1.165) is 35.3 Å². The number of hydrogen-bond acceptors (Lipinski definition) is 4. The third-order valence-corrected chi connectivity index (χ3v) is 5.07. The van der Waals surface area contributed by atoms with Gasteiger partial charge in [0, 0.05) is 35.3 Å². The van der Waals surface area contributed by atoms with E-state index in [0.29, 0.717) is 12.2 Å². The van der Waals surface area contributed by atoms with Crippen molar-refractivity contribution in [2.24, 2.45) is 16.5 Å². The molecule has 8 heteroatoms. The molecule has 0 spiro atoms. The summed E-state index contributed by atoms with van der Waals surface area (Å²) >= 11 is 0. The van der Waals surface area contributed by atoms with Gasteiger partial charge in [0.25, 0.3) is 0 Å². The maximum absolute atomic E-state index is 12.6. The monoisotopic (exact) mass is 409 g/mol. The van der Waals surface area contributed by atoms with Crippen LogP contribution in [0.1, 0.15) is 51.4 Å². The summed E-state index contributed by atoms with van der Waals surface area (Å²) in [5, 5.41) is 4.36. The molecule has 3 aromatic rings. The Kier molecular flexibility index (Phi) is 6.26. The van der Waals surface area contributed by atoms with Gasteiger partial charge in [-0.2, -0.15) is 4.98 Å². The predicted molar refractivity (Wildman–Crippen MR) is 122 cm³/mol. The number of nitrogens with zero attached hydrogens (tertiary/aromatic N) is 3. The van der Waals surface area contributed by atoms with Crippen LogP contribution in [0.5, 0.6) is 0 Å². The standard InChI is InChI=1S/C22H31N7O/c1-14(25-10-5-11-26-20(23)24)15-6-8-17(9-7-15)29-13-16-12-18(22(2,3)4)27-19(16)28-21(29)30/h6-9,12-14,25H,5,10-11H2,1-4H3,(H4,23,24,26)(H,27,28,30)/t14-/m0/s1. The molecule has 2 heterocycles. The first kappa shape index (κ1) is 21.6. The quantitative estimate of drug-likeness (QED) is 0.271. The first-order valence-electron chi connectivity index (χ1n) is 10.2.